The molecule has 5 nitrogen and oxygen atoms in total. The Morgan fingerprint density at radius 1 is 1.44 bits per heavy atom. The molecule has 1 aromatic rings. The molecule has 0 bridgehead atoms. The topological polar surface area (TPSA) is 83.6 Å². The first-order valence-corrected chi connectivity index (χ1v) is 7.46. The third-order valence-electron chi connectivity index (χ3n) is 2.95. The lowest BCUT2D eigenvalue weighted by Gasteiger charge is -2.29. The molecule has 0 aliphatic carbocycles. The fourth-order valence-corrected chi connectivity index (χ4v) is 3.90. The Kier molecular flexibility index (Phi) is 3.82. The zero-order chi connectivity index (χ0) is 13.3. The minimum absolute atomic E-state index is 0.00380. The van der Waals surface area contributed by atoms with Crippen molar-refractivity contribution in [1.82, 2.24) is 4.31 Å². The van der Waals surface area contributed by atoms with Crippen molar-refractivity contribution >= 4 is 27.3 Å². The second-order valence-electron chi connectivity index (χ2n) is 4.34. The van der Waals surface area contributed by atoms with E-state index in [2.05, 4.69) is 0 Å². The van der Waals surface area contributed by atoms with Crippen LogP contribution in [-0.4, -0.2) is 37.0 Å². The van der Waals surface area contributed by atoms with E-state index in [1.807, 2.05) is 0 Å². The van der Waals surface area contributed by atoms with Gasteiger partial charge in [0.15, 0.2) is 0 Å². The Morgan fingerprint density at radius 3 is 2.83 bits per heavy atom. The van der Waals surface area contributed by atoms with Crippen LogP contribution in [0.5, 0.6) is 0 Å². The number of nitrogens with two attached hydrogens (primary N) is 1. The summed E-state index contributed by atoms with van der Waals surface area (Å²) in [6, 6.07) is 4.35. The number of benzene rings is 1. The van der Waals surface area contributed by atoms with Crippen LogP contribution in [0.4, 0.5) is 5.69 Å². The van der Waals surface area contributed by atoms with Gasteiger partial charge in [-0.3, -0.25) is 0 Å². The molecule has 100 valence electrons. The molecule has 1 saturated heterocycles. The first kappa shape index (κ1) is 13.6. The van der Waals surface area contributed by atoms with Crippen LogP contribution in [0.1, 0.15) is 12.8 Å². The van der Waals surface area contributed by atoms with Crippen molar-refractivity contribution in [2.45, 2.75) is 23.8 Å². The van der Waals surface area contributed by atoms with Gasteiger partial charge in [-0.2, -0.15) is 4.31 Å². The molecule has 18 heavy (non-hydrogen) atoms. The molecule has 0 saturated carbocycles. The summed E-state index contributed by atoms with van der Waals surface area (Å²) in [5.74, 6) is 0. The zero-order valence-electron chi connectivity index (χ0n) is 9.71. The predicted molar refractivity (Wildman–Crippen MR) is 69.9 cm³/mol. The standard InChI is InChI=1S/C11H15ClN2O3S/c12-8-3-4-10(13)11(6-8)18(16,17)14-5-1-2-9(15)7-14/h3-4,6,9,15H,1-2,5,7,13H2/t9-/m0/s1. The molecule has 1 fully saturated rings. The van der Waals surface area contributed by atoms with Crippen LogP contribution in [0.2, 0.25) is 5.02 Å². The van der Waals surface area contributed by atoms with E-state index in [1.54, 1.807) is 6.07 Å². The van der Waals surface area contributed by atoms with Crippen molar-refractivity contribution in [3.63, 3.8) is 0 Å². The van der Waals surface area contributed by atoms with Crippen LogP contribution in [0.3, 0.4) is 0 Å². The average Bonchev–Trinajstić information content (AvgIpc) is 2.32. The van der Waals surface area contributed by atoms with Gasteiger partial charge in [0.25, 0.3) is 0 Å². The number of β-amino-alcohol motifs (C(OH)–C–C–N with tert-alkyl or cyclic N) is 1. The number of nitrogens with zero attached hydrogens (tertiary/aromatic N) is 1. The van der Waals surface area contributed by atoms with Crippen LogP contribution in [0, 0.1) is 0 Å². The van der Waals surface area contributed by atoms with Gasteiger partial charge in [0.05, 0.1) is 11.8 Å². The summed E-state index contributed by atoms with van der Waals surface area (Å²) in [4.78, 5) is 0.00380. The summed E-state index contributed by atoms with van der Waals surface area (Å²) in [6.45, 7) is 0.500. The van der Waals surface area contributed by atoms with Crippen LogP contribution in [0.25, 0.3) is 0 Å². The maximum Gasteiger partial charge on any atom is 0.245 e. The normalized spacial score (nSPS) is 22.0. The van der Waals surface area contributed by atoms with Crippen LogP contribution in [0.15, 0.2) is 23.1 Å². The number of anilines is 1. The number of hydrogen-bond acceptors (Lipinski definition) is 4. The lowest BCUT2D eigenvalue weighted by molar-refractivity contribution is 0.108. The third kappa shape index (κ3) is 2.61. The molecule has 1 atom stereocenters. The molecule has 0 spiro atoms. The monoisotopic (exact) mass is 290 g/mol. The minimum atomic E-state index is -3.68. The van der Waals surface area contributed by atoms with E-state index in [9.17, 15) is 13.5 Å². The van der Waals surface area contributed by atoms with Gasteiger partial charge in [0, 0.05) is 18.1 Å². The lowest BCUT2D eigenvalue weighted by atomic mass is 10.1. The van der Waals surface area contributed by atoms with E-state index < -0.39 is 16.1 Å². The van der Waals surface area contributed by atoms with Crippen molar-refractivity contribution in [3.8, 4) is 0 Å². The summed E-state index contributed by atoms with van der Waals surface area (Å²) in [7, 11) is -3.68. The molecule has 0 amide bonds. The van der Waals surface area contributed by atoms with E-state index in [0.29, 0.717) is 24.4 Å². The number of nitrogen functional groups attached to an aromatic ring is 1. The van der Waals surface area contributed by atoms with Crippen molar-refractivity contribution in [3.05, 3.63) is 23.2 Å². The molecule has 3 N–H and O–H groups in total. The minimum Gasteiger partial charge on any atom is -0.398 e. The van der Waals surface area contributed by atoms with Gasteiger partial charge in [0.2, 0.25) is 10.0 Å². The Labute approximate surface area is 111 Å². The maximum absolute atomic E-state index is 12.4. The number of sulfonamides is 1. The number of aliphatic hydroxyl groups excluding tert-OH is 1. The fourth-order valence-electron chi connectivity index (χ4n) is 2.01. The van der Waals surface area contributed by atoms with Gasteiger partial charge in [-0.05, 0) is 31.0 Å². The van der Waals surface area contributed by atoms with Crippen molar-refractivity contribution in [2.24, 2.45) is 0 Å². The smallest absolute Gasteiger partial charge is 0.245 e. The quantitative estimate of drug-likeness (QED) is 0.798. The van der Waals surface area contributed by atoms with Gasteiger partial charge in [-0.15, -0.1) is 0 Å². The van der Waals surface area contributed by atoms with Crippen molar-refractivity contribution in [1.29, 1.82) is 0 Å². The first-order chi connectivity index (χ1) is 8.41. The highest BCUT2D eigenvalue weighted by molar-refractivity contribution is 7.89. The Morgan fingerprint density at radius 2 is 2.17 bits per heavy atom. The number of hydrogen-bond donors (Lipinski definition) is 2. The molecule has 0 aromatic heterocycles. The predicted octanol–water partition coefficient (Wildman–Crippen LogP) is 1.07. The number of aliphatic hydroxyl groups is 1. The second-order valence-corrected chi connectivity index (χ2v) is 6.68. The summed E-state index contributed by atoms with van der Waals surface area (Å²) >= 11 is 5.80. The van der Waals surface area contributed by atoms with E-state index in [4.69, 9.17) is 17.3 Å². The van der Waals surface area contributed by atoms with Crippen LogP contribution in [-0.2, 0) is 10.0 Å². The summed E-state index contributed by atoms with van der Waals surface area (Å²) in [5, 5.41) is 9.87. The van der Waals surface area contributed by atoms with Gasteiger partial charge in [0.1, 0.15) is 4.90 Å². The summed E-state index contributed by atoms with van der Waals surface area (Å²) in [5.41, 5.74) is 5.86. The van der Waals surface area contributed by atoms with Gasteiger partial charge in [-0.25, -0.2) is 8.42 Å². The SMILES string of the molecule is Nc1ccc(Cl)cc1S(=O)(=O)N1CCC[C@H](O)C1. The largest absolute Gasteiger partial charge is 0.398 e. The summed E-state index contributed by atoms with van der Waals surface area (Å²) < 4.78 is 26.0. The third-order valence-corrected chi connectivity index (χ3v) is 5.11. The molecular formula is C11H15ClN2O3S. The molecule has 7 heteroatoms. The van der Waals surface area contributed by atoms with Crippen molar-refractivity contribution < 1.29 is 13.5 Å². The number of halogens is 1. The lowest BCUT2D eigenvalue weighted by Crippen LogP contribution is -2.42. The Bertz CT molecular complexity index is 547. The fraction of sp³-hybridized carbons (Fsp3) is 0.455. The number of piperidine rings is 1. The summed E-state index contributed by atoms with van der Waals surface area (Å²) in [6.07, 6.45) is 0.645. The molecule has 1 aromatic carbocycles. The highest BCUT2D eigenvalue weighted by Crippen LogP contribution is 2.27. The van der Waals surface area contributed by atoms with E-state index >= 15 is 0 Å². The maximum atomic E-state index is 12.4. The Balaban J connectivity index is 2.38. The molecule has 1 aliphatic rings. The van der Waals surface area contributed by atoms with Crippen LogP contribution < -0.4 is 5.73 Å². The van der Waals surface area contributed by atoms with Crippen molar-refractivity contribution in [2.75, 3.05) is 18.8 Å². The highest BCUT2D eigenvalue weighted by Gasteiger charge is 2.30. The molecular weight excluding hydrogens is 276 g/mol. The molecule has 1 heterocycles. The first-order valence-electron chi connectivity index (χ1n) is 5.64. The second kappa shape index (κ2) is 5.05. The van der Waals surface area contributed by atoms with Gasteiger partial charge < -0.3 is 10.8 Å². The van der Waals surface area contributed by atoms with Crippen LogP contribution >= 0.6 is 11.6 Å². The van der Waals surface area contributed by atoms with E-state index in [0.717, 1.165) is 0 Å². The molecule has 2 rings (SSSR count). The highest BCUT2D eigenvalue weighted by atomic mass is 35.5. The zero-order valence-corrected chi connectivity index (χ0v) is 11.3. The molecule has 0 unspecified atom stereocenters. The average molecular weight is 291 g/mol. The molecule has 1 aliphatic heterocycles. The number of rotatable bonds is 2. The molecule has 0 radical (unpaired) electrons. The van der Waals surface area contributed by atoms with Gasteiger partial charge >= 0.3 is 0 Å². The van der Waals surface area contributed by atoms with Gasteiger partial charge in [-0.1, -0.05) is 11.6 Å². The Hall–Kier alpha value is -0.820. The van der Waals surface area contributed by atoms with E-state index in [-0.39, 0.29) is 17.1 Å². The van der Waals surface area contributed by atoms with E-state index in [1.165, 1.54) is 16.4 Å².